The molecule has 0 heterocycles. The predicted molar refractivity (Wildman–Crippen MR) is 87.2 cm³/mol. The normalized spacial score (nSPS) is 22.4. The van der Waals surface area contributed by atoms with Gasteiger partial charge in [0.05, 0.1) is 0 Å². The molecule has 1 radical (unpaired) electrons. The number of rotatable bonds is 12. The first-order valence-electron chi connectivity index (χ1n) is 9.09. The lowest BCUT2D eigenvalue weighted by Gasteiger charge is -2.16. The maximum atomic E-state index is 2.39. The van der Waals surface area contributed by atoms with Crippen LogP contribution in [0.1, 0.15) is 98.3 Å². The molecule has 1 saturated carbocycles. The Labute approximate surface area is 122 Å². The second-order valence-corrected chi connectivity index (χ2v) is 6.83. The molecule has 0 N–H and O–H groups in total. The Morgan fingerprint density at radius 1 is 0.895 bits per heavy atom. The highest BCUT2D eigenvalue weighted by molar-refractivity contribution is 5.14. The van der Waals surface area contributed by atoms with Crippen LogP contribution in [0.5, 0.6) is 0 Å². The van der Waals surface area contributed by atoms with Crippen LogP contribution in [0.3, 0.4) is 0 Å². The van der Waals surface area contributed by atoms with Gasteiger partial charge >= 0.3 is 0 Å². The molecular weight excluding hydrogens is 228 g/mol. The first-order valence-corrected chi connectivity index (χ1v) is 9.09. The largest absolute Gasteiger partial charge is 0.0654 e. The van der Waals surface area contributed by atoms with Crippen molar-refractivity contribution in [3.05, 3.63) is 5.92 Å². The Morgan fingerprint density at radius 2 is 1.47 bits per heavy atom. The summed E-state index contributed by atoms with van der Waals surface area (Å²) in [7, 11) is 0. The van der Waals surface area contributed by atoms with E-state index in [9.17, 15) is 0 Å². The summed E-state index contributed by atoms with van der Waals surface area (Å²) in [4.78, 5) is 0. The Kier molecular flexibility index (Phi) is 8.83. The lowest BCUT2D eigenvalue weighted by Crippen LogP contribution is -2.03. The summed E-state index contributed by atoms with van der Waals surface area (Å²) in [6.45, 7) is 9.41. The van der Waals surface area contributed by atoms with Gasteiger partial charge in [-0.05, 0) is 42.9 Å². The summed E-state index contributed by atoms with van der Waals surface area (Å²) in [6, 6.07) is 0. The zero-order chi connectivity index (χ0) is 14.1. The van der Waals surface area contributed by atoms with Gasteiger partial charge < -0.3 is 0 Å². The summed E-state index contributed by atoms with van der Waals surface area (Å²) in [5, 5.41) is 0. The second kappa shape index (κ2) is 9.83. The molecule has 0 spiro atoms. The zero-order valence-electron chi connectivity index (χ0n) is 14.0. The molecule has 0 amide bonds. The van der Waals surface area contributed by atoms with Crippen molar-refractivity contribution in [3.63, 3.8) is 0 Å². The van der Waals surface area contributed by atoms with Crippen LogP contribution in [-0.2, 0) is 0 Å². The third kappa shape index (κ3) is 6.82. The van der Waals surface area contributed by atoms with Crippen LogP contribution >= 0.6 is 0 Å². The molecule has 3 atom stereocenters. The molecule has 1 aliphatic carbocycles. The van der Waals surface area contributed by atoms with Crippen molar-refractivity contribution in [2.24, 2.45) is 17.8 Å². The van der Waals surface area contributed by atoms with Crippen molar-refractivity contribution in [3.8, 4) is 0 Å². The molecule has 0 nitrogen and oxygen atoms in total. The van der Waals surface area contributed by atoms with Gasteiger partial charge in [0.1, 0.15) is 0 Å². The third-order valence-electron chi connectivity index (χ3n) is 5.18. The summed E-state index contributed by atoms with van der Waals surface area (Å²) in [6.07, 6.45) is 15.8. The molecule has 0 aliphatic heterocycles. The molecular formula is C19H37. The van der Waals surface area contributed by atoms with Gasteiger partial charge in [0.25, 0.3) is 0 Å². The molecule has 1 rings (SSSR count). The van der Waals surface area contributed by atoms with Gasteiger partial charge in [-0.15, -0.1) is 0 Å². The molecule has 3 unspecified atom stereocenters. The average molecular weight is 266 g/mol. The zero-order valence-corrected chi connectivity index (χ0v) is 14.0. The lowest BCUT2D eigenvalue weighted by molar-refractivity contribution is 0.392. The fourth-order valence-electron chi connectivity index (χ4n) is 3.46. The third-order valence-corrected chi connectivity index (χ3v) is 5.18. The molecule has 0 saturated heterocycles. The minimum atomic E-state index is 0.996. The van der Waals surface area contributed by atoms with E-state index in [-0.39, 0.29) is 0 Å². The van der Waals surface area contributed by atoms with Crippen LogP contribution in [0.2, 0.25) is 0 Å². The highest BCUT2D eigenvalue weighted by Crippen LogP contribution is 2.50. The van der Waals surface area contributed by atoms with Crippen molar-refractivity contribution < 1.29 is 0 Å². The Morgan fingerprint density at radius 3 is 2.00 bits per heavy atom. The van der Waals surface area contributed by atoms with E-state index in [0.717, 1.165) is 17.8 Å². The Bertz CT molecular complexity index is 186. The van der Waals surface area contributed by atoms with E-state index in [1.54, 1.807) is 0 Å². The Hall–Kier alpha value is 0. The second-order valence-electron chi connectivity index (χ2n) is 6.83. The van der Waals surface area contributed by atoms with Crippen molar-refractivity contribution in [2.75, 3.05) is 0 Å². The van der Waals surface area contributed by atoms with Gasteiger partial charge in [0.2, 0.25) is 0 Å². The van der Waals surface area contributed by atoms with Crippen molar-refractivity contribution in [1.82, 2.24) is 0 Å². The summed E-state index contributed by atoms with van der Waals surface area (Å²) < 4.78 is 0. The number of hydrogen-bond donors (Lipinski definition) is 0. The highest BCUT2D eigenvalue weighted by Gasteiger charge is 2.39. The maximum absolute atomic E-state index is 2.39. The molecule has 1 aliphatic rings. The minimum absolute atomic E-state index is 0.996. The maximum Gasteiger partial charge on any atom is -0.0204 e. The quantitative estimate of drug-likeness (QED) is 0.364. The van der Waals surface area contributed by atoms with E-state index >= 15 is 0 Å². The van der Waals surface area contributed by atoms with E-state index in [1.807, 2.05) is 5.92 Å². The van der Waals surface area contributed by atoms with E-state index in [0.29, 0.717) is 0 Å². The van der Waals surface area contributed by atoms with E-state index in [1.165, 1.54) is 70.6 Å². The summed E-state index contributed by atoms with van der Waals surface area (Å²) >= 11 is 0. The smallest absolute Gasteiger partial charge is 0.0204 e. The van der Waals surface area contributed by atoms with Crippen molar-refractivity contribution in [1.29, 1.82) is 0 Å². The highest BCUT2D eigenvalue weighted by atomic mass is 14.4. The topological polar surface area (TPSA) is 0 Å². The molecule has 0 heteroatoms. The Balaban J connectivity index is 2.18. The van der Waals surface area contributed by atoms with E-state index in [4.69, 9.17) is 0 Å². The molecule has 0 bridgehead atoms. The fraction of sp³-hybridized carbons (Fsp3) is 0.947. The number of unbranched alkanes of at least 4 members (excludes halogenated alkanes) is 2. The van der Waals surface area contributed by atoms with Gasteiger partial charge in [0.15, 0.2) is 0 Å². The van der Waals surface area contributed by atoms with Crippen molar-refractivity contribution >= 4 is 0 Å². The molecule has 113 valence electrons. The monoisotopic (exact) mass is 265 g/mol. The van der Waals surface area contributed by atoms with Gasteiger partial charge in [-0.3, -0.25) is 0 Å². The van der Waals surface area contributed by atoms with Gasteiger partial charge in [-0.2, -0.15) is 0 Å². The molecule has 0 aromatic heterocycles. The van der Waals surface area contributed by atoms with Crippen LogP contribution < -0.4 is 0 Å². The van der Waals surface area contributed by atoms with Crippen LogP contribution in [0.4, 0.5) is 0 Å². The fourth-order valence-corrected chi connectivity index (χ4v) is 3.46. The van der Waals surface area contributed by atoms with Crippen LogP contribution in [0.15, 0.2) is 0 Å². The van der Waals surface area contributed by atoms with E-state index in [2.05, 4.69) is 27.7 Å². The predicted octanol–water partition coefficient (Wildman–Crippen LogP) is 6.79. The first kappa shape index (κ1) is 17.1. The van der Waals surface area contributed by atoms with Gasteiger partial charge in [0, 0.05) is 0 Å². The average Bonchev–Trinajstić information content (AvgIpc) is 3.17. The lowest BCUT2D eigenvalue weighted by atomic mass is 9.90. The van der Waals surface area contributed by atoms with Crippen LogP contribution in [0, 0.1) is 23.7 Å². The van der Waals surface area contributed by atoms with Gasteiger partial charge in [-0.25, -0.2) is 0 Å². The van der Waals surface area contributed by atoms with Crippen molar-refractivity contribution in [2.45, 2.75) is 98.3 Å². The summed E-state index contributed by atoms with van der Waals surface area (Å²) in [5.41, 5.74) is 0. The first-order chi connectivity index (χ1) is 9.24. The molecule has 0 aromatic rings. The van der Waals surface area contributed by atoms with Crippen LogP contribution in [0.25, 0.3) is 0 Å². The molecule has 19 heavy (non-hydrogen) atoms. The van der Waals surface area contributed by atoms with Crippen LogP contribution in [-0.4, -0.2) is 0 Å². The standard InChI is InChI=1S/C19H37/c1-5-9-11-16(7-3)13-18-15-19(18)14-17(8-4)12-10-6-2/h16-18H,5-15H2,1-4H3. The minimum Gasteiger partial charge on any atom is -0.0654 e. The summed E-state index contributed by atoms with van der Waals surface area (Å²) in [5.74, 6) is 4.96. The number of hydrogen-bond acceptors (Lipinski definition) is 0. The molecule has 1 fully saturated rings. The molecule has 0 aromatic carbocycles. The van der Waals surface area contributed by atoms with Gasteiger partial charge in [-0.1, -0.05) is 79.1 Å². The SMILES string of the molecule is CCCCC(CC)C[C]1CC1CC(CC)CCCC. The van der Waals surface area contributed by atoms with E-state index < -0.39 is 0 Å².